The lowest BCUT2D eigenvalue weighted by atomic mass is 9.63. The standard InChI is InChI=1S/C27H26ClN3O4/c1-4-35-25(33)23-24(29)31(19-11-9-15(3)13-17(19)28)20-6-5-7-21(32)22(20)27(23)16-12-14(2)8-10-18(16)30-26(27)34/h8-13H,4-7,29H2,1-3H3,(H,30,34). The quantitative estimate of drug-likeness (QED) is 0.617. The van der Waals surface area contributed by atoms with Gasteiger partial charge in [-0.2, -0.15) is 0 Å². The van der Waals surface area contributed by atoms with E-state index in [1.807, 2.05) is 38.1 Å². The van der Waals surface area contributed by atoms with Crippen molar-refractivity contribution < 1.29 is 19.1 Å². The molecule has 2 aromatic rings. The molecule has 7 nitrogen and oxygen atoms in total. The molecular formula is C27H26ClN3O4. The average Bonchev–Trinajstić information content (AvgIpc) is 3.07. The number of rotatable bonds is 3. The SMILES string of the molecule is CCOC(=O)C1=C(N)N(c2ccc(C)cc2Cl)C2=C(C(=O)CCC2)C12C(=O)Nc1ccc(C)cc12. The topological polar surface area (TPSA) is 102 Å². The van der Waals surface area contributed by atoms with Gasteiger partial charge in [-0.25, -0.2) is 4.79 Å². The smallest absolute Gasteiger partial charge is 0.339 e. The van der Waals surface area contributed by atoms with Crippen molar-refractivity contribution in [3.8, 4) is 0 Å². The molecule has 3 N–H and O–H groups in total. The molecule has 1 amide bonds. The Bertz CT molecular complexity index is 1380. The molecule has 180 valence electrons. The van der Waals surface area contributed by atoms with Gasteiger partial charge in [0.05, 0.1) is 17.3 Å². The predicted molar refractivity (Wildman–Crippen MR) is 134 cm³/mol. The summed E-state index contributed by atoms with van der Waals surface area (Å²) in [6.45, 7) is 5.58. The molecule has 1 aliphatic carbocycles. The van der Waals surface area contributed by atoms with Crippen LogP contribution < -0.4 is 16.0 Å². The number of hydrogen-bond donors (Lipinski definition) is 2. The van der Waals surface area contributed by atoms with Crippen molar-refractivity contribution in [2.45, 2.75) is 45.4 Å². The van der Waals surface area contributed by atoms with Crippen molar-refractivity contribution in [3.05, 3.63) is 80.8 Å². The Morgan fingerprint density at radius 3 is 2.57 bits per heavy atom. The van der Waals surface area contributed by atoms with Gasteiger partial charge >= 0.3 is 5.97 Å². The van der Waals surface area contributed by atoms with Crippen LogP contribution in [0.2, 0.25) is 5.02 Å². The normalized spacial score (nSPS) is 21.3. The second kappa shape index (κ2) is 8.27. The van der Waals surface area contributed by atoms with Crippen LogP contribution in [0.5, 0.6) is 0 Å². The highest BCUT2D eigenvalue weighted by atomic mass is 35.5. The van der Waals surface area contributed by atoms with Gasteiger partial charge < -0.3 is 15.8 Å². The molecule has 0 fully saturated rings. The van der Waals surface area contributed by atoms with E-state index in [0.717, 1.165) is 11.1 Å². The minimum atomic E-state index is -1.70. The maximum Gasteiger partial charge on any atom is 0.339 e. The average molecular weight is 492 g/mol. The van der Waals surface area contributed by atoms with Crippen LogP contribution in [0.15, 0.2) is 59.1 Å². The van der Waals surface area contributed by atoms with Crippen molar-refractivity contribution in [1.82, 2.24) is 0 Å². The third-order valence-corrected chi connectivity index (χ3v) is 7.20. The summed E-state index contributed by atoms with van der Waals surface area (Å²) in [5.41, 5.74) is 9.32. The van der Waals surface area contributed by atoms with E-state index in [-0.39, 0.29) is 35.8 Å². The van der Waals surface area contributed by atoms with Crippen LogP contribution in [-0.4, -0.2) is 24.3 Å². The van der Waals surface area contributed by atoms with Crippen molar-refractivity contribution in [2.75, 3.05) is 16.8 Å². The number of esters is 1. The number of fused-ring (bicyclic) bond motifs is 3. The summed E-state index contributed by atoms with van der Waals surface area (Å²) in [5, 5.41) is 3.31. The number of anilines is 2. The number of nitrogens with one attached hydrogen (secondary N) is 1. The molecule has 1 atom stereocenters. The molecular weight excluding hydrogens is 466 g/mol. The number of amides is 1. The van der Waals surface area contributed by atoms with Crippen LogP contribution in [-0.2, 0) is 24.5 Å². The molecule has 1 spiro atoms. The molecule has 35 heavy (non-hydrogen) atoms. The fraction of sp³-hybridized carbons (Fsp3) is 0.296. The molecule has 2 aliphatic heterocycles. The number of ketones is 1. The Balaban J connectivity index is 1.92. The first kappa shape index (κ1) is 23.2. The number of carbonyl (C=O) groups excluding carboxylic acids is 3. The van der Waals surface area contributed by atoms with Crippen LogP contribution in [0.4, 0.5) is 11.4 Å². The Morgan fingerprint density at radius 1 is 1.14 bits per heavy atom. The third kappa shape index (κ3) is 3.22. The Hall–Kier alpha value is -3.58. The van der Waals surface area contributed by atoms with Crippen LogP contribution in [0, 0.1) is 13.8 Å². The van der Waals surface area contributed by atoms with Gasteiger partial charge in [-0.1, -0.05) is 35.4 Å². The lowest BCUT2D eigenvalue weighted by molar-refractivity contribution is -0.140. The number of allylic oxidation sites excluding steroid dienone is 1. The van der Waals surface area contributed by atoms with Crippen molar-refractivity contribution in [3.63, 3.8) is 0 Å². The van der Waals surface area contributed by atoms with E-state index < -0.39 is 17.3 Å². The molecule has 0 saturated carbocycles. The summed E-state index contributed by atoms with van der Waals surface area (Å²) in [4.78, 5) is 42.8. The summed E-state index contributed by atoms with van der Waals surface area (Å²) in [7, 11) is 0. The zero-order valence-corrected chi connectivity index (χ0v) is 20.6. The van der Waals surface area contributed by atoms with Gasteiger partial charge in [-0.05, 0) is 57.4 Å². The number of hydrogen-bond acceptors (Lipinski definition) is 6. The predicted octanol–water partition coefficient (Wildman–Crippen LogP) is 4.41. The number of halogens is 1. The summed E-state index contributed by atoms with van der Waals surface area (Å²) in [6.07, 6.45) is 1.36. The molecule has 2 heterocycles. The Morgan fingerprint density at radius 2 is 1.86 bits per heavy atom. The highest BCUT2D eigenvalue weighted by molar-refractivity contribution is 6.33. The number of aryl methyl sites for hydroxylation is 2. The zero-order chi connectivity index (χ0) is 25.1. The van der Waals surface area contributed by atoms with Gasteiger partial charge in [0.2, 0.25) is 5.91 Å². The highest BCUT2D eigenvalue weighted by Crippen LogP contribution is 2.56. The molecule has 0 bridgehead atoms. The van der Waals surface area contributed by atoms with Crippen molar-refractivity contribution >= 4 is 40.6 Å². The molecule has 8 heteroatoms. The van der Waals surface area contributed by atoms with E-state index in [1.54, 1.807) is 24.0 Å². The number of Topliss-reactive ketones (excluding diaryl/α,β-unsaturated/α-hetero) is 1. The number of nitrogens with two attached hydrogens (primary N) is 1. The lowest BCUT2D eigenvalue weighted by Crippen LogP contribution is -2.53. The monoisotopic (exact) mass is 491 g/mol. The van der Waals surface area contributed by atoms with Gasteiger partial charge in [0, 0.05) is 28.9 Å². The summed E-state index contributed by atoms with van der Waals surface area (Å²) in [5.74, 6) is -1.39. The van der Waals surface area contributed by atoms with Crippen LogP contribution in [0.1, 0.15) is 42.9 Å². The molecule has 5 rings (SSSR count). The van der Waals surface area contributed by atoms with E-state index in [4.69, 9.17) is 22.1 Å². The van der Waals surface area contributed by atoms with Crippen LogP contribution >= 0.6 is 11.6 Å². The first-order valence-corrected chi connectivity index (χ1v) is 12.0. The van der Waals surface area contributed by atoms with E-state index >= 15 is 0 Å². The van der Waals surface area contributed by atoms with E-state index in [0.29, 0.717) is 40.5 Å². The van der Waals surface area contributed by atoms with Crippen molar-refractivity contribution in [2.24, 2.45) is 5.73 Å². The number of nitrogens with zero attached hydrogens (tertiary/aromatic N) is 1. The first-order valence-electron chi connectivity index (χ1n) is 11.6. The number of ether oxygens (including phenoxy) is 1. The molecule has 0 saturated heterocycles. The van der Waals surface area contributed by atoms with E-state index in [1.165, 1.54) is 0 Å². The van der Waals surface area contributed by atoms with E-state index in [9.17, 15) is 14.4 Å². The van der Waals surface area contributed by atoms with Crippen molar-refractivity contribution in [1.29, 1.82) is 0 Å². The fourth-order valence-electron chi connectivity index (χ4n) is 5.49. The van der Waals surface area contributed by atoms with Gasteiger partial charge in [0.25, 0.3) is 0 Å². The molecule has 0 radical (unpaired) electrons. The number of benzene rings is 2. The summed E-state index contributed by atoms with van der Waals surface area (Å²) < 4.78 is 5.43. The second-order valence-electron chi connectivity index (χ2n) is 9.12. The molecule has 1 unspecified atom stereocenters. The van der Waals surface area contributed by atoms with Gasteiger partial charge in [0.15, 0.2) is 5.78 Å². The lowest BCUT2D eigenvalue weighted by Gasteiger charge is -2.44. The van der Waals surface area contributed by atoms with Crippen LogP contribution in [0.25, 0.3) is 0 Å². The molecule has 2 aromatic carbocycles. The zero-order valence-electron chi connectivity index (χ0n) is 19.8. The summed E-state index contributed by atoms with van der Waals surface area (Å²) in [6, 6.07) is 11.0. The van der Waals surface area contributed by atoms with E-state index in [2.05, 4.69) is 5.32 Å². The minimum Gasteiger partial charge on any atom is -0.462 e. The third-order valence-electron chi connectivity index (χ3n) is 6.89. The maximum absolute atomic E-state index is 13.9. The minimum absolute atomic E-state index is 0.0344. The number of carbonyl (C=O) groups is 3. The summed E-state index contributed by atoms with van der Waals surface area (Å²) >= 11 is 6.64. The molecule has 3 aliphatic rings. The largest absolute Gasteiger partial charge is 0.462 e. The van der Waals surface area contributed by atoms with Gasteiger partial charge in [-0.15, -0.1) is 0 Å². The first-order chi connectivity index (χ1) is 16.7. The fourth-order valence-corrected chi connectivity index (χ4v) is 5.81. The maximum atomic E-state index is 13.9. The van der Waals surface area contributed by atoms with Gasteiger partial charge in [-0.3, -0.25) is 14.5 Å². The Labute approximate surface area is 208 Å². The van der Waals surface area contributed by atoms with Crippen LogP contribution in [0.3, 0.4) is 0 Å². The highest BCUT2D eigenvalue weighted by Gasteiger charge is 2.62. The Kier molecular flexibility index (Phi) is 5.48. The van der Waals surface area contributed by atoms with Gasteiger partial charge in [0.1, 0.15) is 16.8 Å². The molecule has 0 aromatic heterocycles. The second-order valence-corrected chi connectivity index (χ2v) is 9.53.